The maximum Gasteiger partial charge on any atom is 0.345 e. The van der Waals surface area contributed by atoms with Crippen molar-refractivity contribution in [2.24, 2.45) is 0 Å². The van der Waals surface area contributed by atoms with Crippen LogP contribution in [0.25, 0.3) is 0 Å². The van der Waals surface area contributed by atoms with Gasteiger partial charge in [0, 0.05) is 0 Å². The summed E-state index contributed by atoms with van der Waals surface area (Å²) in [6.45, 7) is -0.138. The van der Waals surface area contributed by atoms with Gasteiger partial charge in [-0.25, -0.2) is 4.79 Å². The second kappa shape index (κ2) is 6.02. The van der Waals surface area contributed by atoms with E-state index in [0.717, 1.165) is 0 Å². The van der Waals surface area contributed by atoms with E-state index in [4.69, 9.17) is 20.1 Å². The Morgan fingerprint density at radius 2 is 1.89 bits per heavy atom. The molecule has 0 aliphatic rings. The number of benzene rings is 1. The minimum absolute atomic E-state index is 0.138. The molecule has 0 aliphatic carbocycles. The summed E-state index contributed by atoms with van der Waals surface area (Å²) in [6.07, 6.45) is 0. The molecule has 0 fully saturated rings. The maximum absolute atomic E-state index is 11.1. The van der Waals surface area contributed by atoms with E-state index in [1.807, 2.05) is 0 Å². The molecule has 0 aromatic heterocycles. The molecule has 0 saturated heterocycles. The predicted molar refractivity (Wildman–Crippen MR) is 60.4 cm³/mol. The van der Waals surface area contributed by atoms with Crippen LogP contribution in [0, 0.1) is 11.8 Å². The van der Waals surface area contributed by atoms with Crippen LogP contribution < -0.4 is 4.74 Å². The van der Waals surface area contributed by atoms with Gasteiger partial charge in [0.2, 0.25) is 0 Å². The summed E-state index contributed by atoms with van der Waals surface area (Å²) in [5.74, 6) is 0.930. The molecule has 0 heterocycles. The Bertz CT molecular complexity index is 460. The molecule has 0 radical (unpaired) electrons. The number of carbonyl (C=O) groups excluding carboxylic acids is 1. The molecule has 1 aromatic carbocycles. The number of aliphatic hydroxyl groups is 3. The number of methoxy groups -OCH3 is 1. The number of rotatable bonds is 3. The van der Waals surface area contributed by atoms with Crippen molar-refractivity contribution < 1.29 is 29.6 Å². The lowest BCUT2D eigenvalue weighted by atomic mass is 10.2. The molecule has 18 heavy (non-hydrogen) atoms. The van der Waals surface area contributed by atoms with E-state index in [1.54, 1.807) is 5.92 Å². The van der Waals surface area contributed by atoms with Crippen molar-refractivity contribution in [2.45, 2.75) is 5.97 Å². The highest BCUT2D eigenvalue weighted by molar-refractivity contribution is 5.89. The van der Waals surface area contributed by atoms with E-state index >= 15 is 0 Å². The highest BCUT2D eigenvalue weighted by Crippen LogP contribution is 2.12. The van der Waals surface area contributed by atoms with Gasteiger partial charge in [0.25, 0.3) is 0 Å². The van der Waals surface area contributed by atoms with Crippen LogP contribution in [0.3, 0.4) is 0 Å². The Hall–Kier alpha value is -2.07. The lowest BCUT2D eigenvalue weighted by Gasteiger charge is -2.04. The van der Waals surface area contributed by atoms with Crippen LogP contribution >= 0.6 is 0 Å². The van der Waals surface area contributed by atoms with Crippen molar-refractivity contribution in [1.82, 2.24) is 0 Å². The predicted octanol–water partition coefficient (Wildman–Crippen LogP) is -0.514. The molecule has 96 valence electrons. The fourth-order valence-corrected chi connectivity index (χ4v) is 1.08. The molecule has 6 heteroatoms. The minimum atomic E-state index is -3.02. The Labute approximate surface area is 103 Å². The van der Waals surface area contributed by atoms with Gasteiger partial charge in [-0.05, 0) is 30.2 Å². The van der Waals surface area contributed by atoms with Crippen molar-refractivity contribution >= 4 is 5.97 Å². The monoisotopic (exact) mass is 252 g/mol. The largest absolute Gasteiger partial charge is 0.481 e. The smallest absolute Gasteiger partial charge is 0.345 e. The highest BCUT2D eigenvalue weighted by atomic mass is 16.7. The van der Waals surface area contributed by atoms with Gasteiger partial charge in [0.15, 0.2) is 0 Å². The minimum Gasteiger partial charge on any atom is -0.481 e. The van der Waals surface area contributed by atoms with E-state index in [2.05, 4.69) is 10.7 Å². The molecular formula is C12H12O6. The second-order valence-electron chi connectivity index (χ2n) is 3.24. The molecule has 0 bridgehead atoms. The molecule has 1 aromatic rings. The summed E-state index contributed by atoms with van der Waals surface area (Å²) in [5.41, 5.74) is 0.385. The Kier molecular flexibility index (Phi) is 4.68. The fourth-order valence-electron chi connectivity index (χ4n) is 1.08. The van der Waals surface area contributed by atoms with E-state index in [1.165, 1.54) is 31.4 Å². The third-order valence-electron chi connectivity index (χ3n) is 1.84. The quantitative estimate of drug-likeness (QED) is 0.381. The van der Waals surface area contributed by atoms with Gasteiger partial charge in [-0.2, -0.15) is 0 Å². The van der Waals surface area contributed by atoms with E-state index in [0.29, 0.717) is 11.3 Å². The molecule has 0 unspecified atom stereocenters. The van der Waals surface area contributed by atoms with Crippen LogP contribution in [0.15, 0.2) is 24.3 Å². The van der Waals surface area contributed by atoms with Gasteiger partial charge in [0.05, 0.1) is 12.7 Å². The summed E-state index contributed by atoms with van der Waals surface area (Å²) >= 11 is 0. The SMILES string of the molecule is COC(=O)c1ccc(OCC#CC(O)(O)O)cc1. The Morgan fingerprint density at radius 1 is 1.28 bits per heavy atom. The summed E-state index contributed by atoms with van der Waals surface area (Å²) in [4.78, 5) is 11.1. The van der Waals surface area contributed by atoms with Crippen molar-refractivity contribution in [3.8, 4) is 17.6 Å². The zero-order chi connectivity index (χ0) is 13.6. The maximum atomic E-state index is 11.1. The zero-order valence-corrected chi connectivity index (χ0v) is 9.58. The molecular weight excluding hydrogens is 240 g/mol. The molecule has 3 N–H and O–H groups in total. The second-order valence-corrected chi connectivity index (χ2v) is 3.24. The van der Waals surface area contributed by atoms with Crippen LogP contribution in [0.1, 0.15) is 10.4 Å². The molecule has 6 nitrogen and oxygen atoms in total. The topological polar surface area (TPSA) is 96.2 Å². The van der Waals surface area contributed by atoms with Crippen LogP contribution in [0.4, 0.5) is 0 Å². The summed E-state index contributed by atoms with van der Waals surface area (Å²) in [7, 11) is 1.28. The number of carbonyl (C=O) groups is 1. The molecule has 0 saturated carbocycles. The van der Waals surface area contributed by atoms with Crippen molar-refractivity contribution in [3.63, 3.8) is 0 Å². The first-order valence-corrected chi connectivity index (χ1v) is 4.91. The van der Waals surface area contributed by atoms with Crippen molar-refractivity contribution in [2.75, 3.05) is 13.7 Å². The van der Waals surface area contributed by atoms with Gasteiger partial charge < -0.3 is 24.8 Å². The lowest BCUT2D eigenvalue weighted by Crippen LogP contribution is -2.24. The molecule has 0 amide bonds. The van der Waals surface area contributed by atoms with E-state index in [9.17, 15) is 4.79 Å². The number of ether oxygens (including phenoxy) is 2. The van der Waals surface area contributed by atoms with E-state index < -0.39 is 11.9 Å². The first-order chi connectivity index (χ1) is 8.42. The van der Waals surface area contributed by atoms with Crippen molar-refractivity contribution in [3.05, 3.63) is 29.8 Å². The fraction of sp³-hybridized carbons (Fsp3) is 0.250. The summed E-state index contributed by atoms with van der Waals surface area (Å²) in [6, 6.07) is 6.11. The van der Waals surface area contributed by atoms with Crippen molar-refractivity contribution in [1.29, 1.82) is 0 Å². The normalized spacial score (nSPS) is 10.2. The number of esters is 1. The van der Waals surface area contributed by atoms with Crippen LogP contribution in [0.2, 0.25) is 0 Å². The average Bonchev–Trinajstić information content (AvgIpc) is 2.33. The number of hydrogen-bond acceptors (Lipinski definition) is 6. The van der Waals surface area contributed by atoms with Gasteiger partial charge in [-0.3, -0.25) is 0 Å². The third-order valence-corrected chi connectivity index (χ3v) is 1.84. The van der Waals surface area contributed by atoms with Gasteiger partial charge in [0.1, 0.15) is 12.4 Å². The standard InChI is InChI=1S/C12H12O6/c1-17-11(13)9-3-5-10(6-4-9)18-8-2-7-12(14,15)16/h3-6,14-16H,8H2,1H3. The van der Waals surface area contributed by atoms with Gasteiger partial charge in [-0.15, -0.1) is 0 Å². The first-order valence-electron chi connectivity index (χ1n) is 4.91. The lowest BCUT2D eigenvalue weighted by molar-refractivity contribution is -0.265. The molecule has 0 aliphatic heterocycles. The zero-order valence-electron chi connectivity index (χ0n) is 9.58. The first kappa shape index (κ1) is 14.0. The van der Waals surface area contributed by atoms with Crippen LogP contribution in [-0.4, -0.2) is 41.0 Å². The van der Waals surface area contributed by atoms with Gasteiger partial charge >= 0.3 is 11.9 Å². The molecule has 1 rings (SSSR count). The van der Waals surface area contributed by atoms with Crippen LogP contribution in [-0.2, 0) is 4.74 Å². The highest BCUT2D eigenvalue weighted by Gasteiger charge is 2.11. The Morgan fingerprint density at radius 3 is 2.39 bits per heavy atom. The van der Waals surface area contributed by atoms with Gasteiger partial charge in [-0.1, -0.05) is 5.92 Å². The average molecular weight is 252 g/mol. The van der Waals surface area contributed by atoms with Crippen LogP contribution in [0.5, 0.6) is 5.75 Å². The molecule has 0 atom stereocenters. The number of hydrogen-bond donors (Lipinski definition) is 3. The Balaban J connectivity index is 2.54. The third kappa shape index (κ3) is 4.84. The summed E-state index contributed by atoms with van der Waals surface area (Å²) in [5, 5.41) is 25.4. The molecule has 0 spiro atoms. The van der Waals surface area contributed by atoms with E-state index in [-0.39, 0.29) is 6.61 Å². The summed E-state index contributed by atoms with van der Waals surface area (Å²) < 4.78 is 9.64.